The van der Waals surface area contributed by atoms with Crippen LogP contribution in [0, 0.1) is 0 Å². The van der Waals surface area contributed by atoms with E-state index in [1.165, 1.54) is 5.56 Å². The van der Waals surface area contributed by atoms with E-state index in [2.05, 4.69) is 27.1 Å². The fourth-order valence-corrected chi connectivity index (χ4v) is 1.76. The molecule has 2 heterocycles. The van der Waals surface area contributed by atoms with Crippen LogP contribution in [0.2, 0.25) is 0 Å². The summed E-state index contributed by atoms with van der Waals surface area (Å²) in [6.45, 7) is 6.47. The van der Waals surface area contributed by atoms with E-state index in [4.69, 9.17) is 0 Å². The minimum absolute atomic E-state index is 0. The van der Waals surface area contributed by atoms with E-state index in [-0.39, 0.29) is 12.4 Å². The highest BCUT2D eigenvalue weighted by molar-refractivity contribution is 5.85. The summed E-state index contributed by atoms with van der Waals surface area (Å²) >= 11 is 0. The molecule has 1 aromatic rings. The molecule has 1 N–H and O–H groups in total. The first-order valence-electron chi connectivity index (χ1n) is 5.05. The SMILES string of the molecule is C[C@@H]1CNCCN1Cc1cncnc1.Cl. The Hall–Kier alpha value is -0.710. The molecule has 15 heavy (non-hydrogen) atoms. The van der Waals surface area contributed by atoms with Crippen molar-refractivity contribution in [3.05, 3.63) is 24.3 Å². The van der Waals surface area contributed by atoms with Crippen molar-refractivity contribution in [3.63, 3.8) is 0 Å². The molecule has 1 atom stereocenters. The van der Waals surface area contributed by atoms with Gasteiger partial charge in [-0.1, -0.05) is 0 Å². The predicted octanol–water partition coefficient (Wildman–Crippen LogP) is 0.692. The van der Waals surface area contributed by atoms with Crippen LogP contribution >= 0.6 is 12.4 Å². The molecule has 0 aliphatic carbocycles. The van der Waals surface area contributed by atoms with Gasteiger partial charge in [-0.2, -0.15) is 0 Å². The summed E-state index contributed by atoms with van der Waals surface area (Å²) in [5, 5.41) is 3.38. The van der Waals surface area contributed by atoms with Crippen molar-refractivity contribution in [1.29, 1.82) is 0 Å². The molecule has 0 bridgehead atoms. The second kappa shape index (κ2) is 6.00. The predicted molar refractivity (Wildman–Crippen MR) is 62.0 cm³/mol. The summed E-state index contributed by atoms with van der Waals surface area (Å²) in [7, 11) is 0. The zero-order valence-corrected chi connectivity index (χ0v) is 9.70. The lowest BCUT2D eigenvalue weighted by atomic mass is 10.2. The molecule has 0 saturated carbocycles. The third kappa shape index (κ3) is 3.41. The van der Waals surface area contributed by atoms with Gasteiger partial charge < -0.3 is 5.32 Å². The molecule has 1 saturated heterocycles. The number of nitrogens with zero attached hydrogens (tertiary/aromatic N) is 3. The Balaban J connectivity index is 0.00000112. The van der Waals surface area contributed by atoms with Crippen LogP contribution in [0.4, 0.5) is 0 Å². The van der Waals surface area contributed by atoms with Crippen LogP contribution < -0.4 is 5.32 Å². The summed E-state index contributed by atoms with van der Waals surface area (Å²) in [5.41, 5.74) is 1.20. The maximum Gasteiger partial charge on any atom is 0.115 e. The Bertz CT molecular complexity index is 280. The molecule has 4 nitrogen and oxygen atoms in total. The summed E-state index contributed by atoms with van der Waals surface area (Å²) in [6, 6.07) is 0.601. The van der Waals surface area contributed by atoms with Gasteiger partial charge in [0.05, 0.1) is 0 Å². The van der Waals surface area contributed by atoms with Gasteiger partial charge in [-0.25, -0.2) is 9.97 Å². The quantitative estimate of drug-likeness (QED) is 0.809. The van der Waals surface area contributed by atoms with Gasteiger partial charge in [-0.3, -0.25) is 4.90 Å². The van der Waals surface area contributed by atoms with E-state index < -0.39 is 0 Å². The van der Waals surface area contributed by atoms with Crippen LogP contribution in [-0.2, 0) is 6.54 Å². The maximum absolute atomic E-state index is 4.02. The summed E-state index contributed by atoms with van der Waals surface area (Å²) in [4.78, 5) is 10.5. The van der Waals surface area contributed by atoms with Gasteiger partial charge in [-0.15, -0.1) is 12.4 Å². The first kappa shape index (κ1) is 12.4. The van der Waals surface area contributed by atoms with E-state index in [1.54, 1.807) is 6.33 Å². The summed E-state index contributed by atoms with van der Waals surface area (Å²) in [5.74, 6) is 0. The Morgan fingerprint density at radius 1 is 1.47 bits per heavy atom. The van der Waals surface area contributed by atoms with Crippen molar-refractivity contribution >= 4 is 12.4 Å². The molecule has 84 valence electrons. The van der Waals surface area contributed by atoms with Crippen LogP contribution in [0.5, 0.6) is 0 Å². The standard InChI is InChI=1S/C10H16N4.ClH/c1-9-4-11-2-3-14(9)7-10-5-12-8-13-6-10;/h5-6,8-9,11H,2-4,7H2,1H3;1H/t9-;/m1./s1. The monoisotopic (exact) mass is 228 g/mol. The van der Waals surface area contributed by atoms with Crippen molar-refractivity contribution in [2.75, 3.05) is 19.6 Å². The highest BCUT2D eigenvalue weighted by Gasteiger charge is 2.17. The number of aromatic nitrogens is 2. The summed E-state index contributed by atoms with van der Waals surface area (Å²) in [6.07, 6.45) is 5.36. The average Bonchev–Trinajstić information content (AvgIpc) is 2.23. The lowest BCUT2D eigenvalue weighted by Gasteiger charge is -2.33. The van der Waals surface area contributed by atoms with Crippen molar-refractivity contribution < 1.29 is 0 Å². The minimum atomic E-state index is 0. The normalized spacial score (nSPS) is 22.1. The highest BCUT2D eigenvalue weighted by Crippen LogP contribution is 2.07. The summed E-state index contributed by atoms with van der Waals surface area (Å²) < 4.78 is 0. The van der Waals surface area contributed by atoms with Gasteiger partial charge in [-0.05, 0) is 6.92 Å². The first-order chi connectivity index (χ1) is 6.86. The Morgan fingerprint density at radius 2 is 2.20 bits per heavy atom. The molecule has 2 rings (SSSR count). The number of rotatable bonds is 2. The molecule has 1 aromatic heterocycles. The van der Waals surface area contributed by atoms with Crippen LogP contribution in [0.1, 0.15) is 12.5 Å². The van der Waals surface area contributed by atoms with Crippen molar-refractivity contribution in [2.45, 2.75) is 19.5 Å². The van der Waals surface area contributed by atoms with Crippen LogP contribution in [0.15, 0.2) is 18.7 Å². The van der Waals surface area contributed by atoms with E-state index in [0.29, 0.717) is 6.04 Å². The molecule has 1 aliphatic heterocycles. The van der Waals surface area contributed by atoms with Gasteiger partial charge in [0, 0.05) is 50.2 Å². The second-order valence-corrected chi connectivity index (χ2v) is 3.77. The molecule has 0 radical (unpaired) electrons. The molecule has 1 fully saturated rings. The van der Waals surface area contributed by atoms with Crippen molar-refractivity contribution in [2.24, 2.45) is 0 Å². The number of hydrogen-bond acceptors (Lipinski definition) is 4. The second-order valence-electron chi connectivity index (χ2n) is 3.77. The lowest BCUT2D eigenvalue weighted by Crippen LogP contribution is -2.49. The van der Waals surface area contributed by atoms with Gasteiger partial charge >= 0.3 is 0 Å². The fraction of sp³-hybridized carbons (Fsp3) is 0.600. The molecule has 0 amide bonds. The van der Waals surface area contributed by atoms with Crippen LogP contribution in [0.25, 0.3) is 0 Å². The maximum atomic E-state index is 4.02. The van der Waals surface area contributed by atoms with Crippen molar-refractivity contribution in [3.8, 4) is 0 Å². The Labute approximate surface area is 96.5 Å². The van der Waals surface area contributed by atoms with E-state index in [1.807, 2.05) is 12.4 Å². The van der Waals surface area contributed by atoms with Gasteiger partial charge in [0.15, 0.2) is 0 Å². The van der Waals surface area contributed by atoms with E-state index >= 15 is 0 Å². The molecule has 0 unspecified atom stereocenters. The molecule has 0 spiro atoms. The zero-order valence-electron chi connectivity index (χ0n) is 8.89. The van der Waals surface area contributed by atoms with Gasteiger partial charge in [0.1, 0.15) is 6.33 Å². The van der Waals surface area contributed by atoms with E-state index in [9.17, 15) is 0 Å². The topological polar surface area (TPSA) is 41.0 Å². The third-order valence-corrected chi connectivity index (χ3v) is 2.64. The van der Waals surface area contributed by atoms with Crippen molar-refractivity contribution in [1.82, 2.24) is 20.2 Å². The Kier molecular flexibility index (Phi) is 4.94. The molecule has 1 aliphatic rings. The number of halogens is 1. The van der Waals surface area contributed by atoms with E-state index in [0.717, 1.165) is 26.2 Å². The first-order valence-corrected chi connectivity index (χ1v) is 5.05. The minimum Gasteiger partial charge on any atom is -0.314 e. The van der Waals surface area contributed by atoms with Gasteiger partial charge in [0.25, 0.3) is 0 Å². The third-order valence-electron chi connectivity index (χ3n) is 2.64. The van der Waals surface area contributed by atoms with Gasteiger partial charge in [0.2, 0.25) is 0 Å². The average molecular weight is 229 g/mol. The molecule has 0 aromatic carbocycles. The number of piperazine rings is 1. The largest absolute Gasteiger partial charge is 0.314 e. The lowest BCUT2D eigenvalue weighted by molar-refractivity contribution is 0.165. The van der Waals surface area contributed by atoms with Crippen LogP contribution in [0.3, 0.4) is 0 Å². The van der Waals surface area contributed by atoms with Crippen LogP contribution in [-0.4, -0.2) is 40.5 Å². The molecular formula is C10H17ClN4. The molecular weight excluding hydrogens is 212 g/mol. The highest BCUT2D eigenvalue weighted by atomic mass is 35.5. The number of nitrogens with one attached hydrogen (secondary N) is 1. The zero-order chi connectivity index (χ0) is 9.80. The smallest absolute Gasteiger partial charge is 0.115 e. The fourth-order valence-electron chi connectivity index (χ4n) is 1.76. The molecule has 5 heteroatoms. The Morgan fingerprint density at radius 3 is 2.87 bits per heavy atom. The number of hydrogen-bond donors (Lipinski definition) is 1.